The van der Waals surface area contributed by atoms with E-state index in [9.17, 15) is 9.18 Å². The topological polar surface area (TPSA) is 52.1 Å². The highest BCUT2D eigenvalue weighted by molar-refractivity contribution is 6.08. The molecule has 2 aromatic rings. The van der Waals surface area contributed by atoms with Crippen molar-refractivity contribution in [2.45, 2.75) is 20.8 Å². The molecular weight excluding hydrogens is 283 g/mol. The van der Waals surface area contributed by atoms with Gasteiger partial charge in [0.2, 0.25) is 0 Å². The van der Waals surface area contributed by atoms with E-state index < -0.39 is 5.82 Å². The summed E-state index contributed by atoms with van der Waals surface area (Å²) in [5.41, 5.74) is 3.19. The van der Waals surface area contributed by atoms with Gasteiger partial charge in [0.05, 0.1) is 35.4 Å². The van der Waals surface area contributed by atoms with Crippen molar-refractivity contribution in [2.75, 3.05) is 7.11 Å². The number of allylic oxidation sites excluding steroid dienone is 1. The smallest absolute Gasteiger partial charge is 0.189 e. The summed E-state index contributed by atoms with van der Waals surface area (Å²) < 4.78 is 18.4. The molecule has 2 rings (SSSR count). The van der Waals surface area contributed by atoms with E-state index in [1.165, 1.54) is 25.3 Å². The molecule has 1 aromatic heterocycles. The Labute approximate surface area is 128 Å². The zero-order chi connectivity index (χ0) is 16.3. The predicted molar refractivity (Wildman–Crippen MR) is 82.6 cm³/mol. The molecule has 0 aliphatic rings. The van der Waals surface area contributed by atoms with E-state index in [4.69, 9.17) is 4.74 Å². The minimum Gasteiger partial charge on any atom is -0.496 e. The molecule has 0 bridgehead atoms. The Morgan fingerprint density at radius 3 is 2.50 bits per heavy atom. The van der Waals surface area contributed by atoms with E-state index in [1.54, 1.807) is 6.08 Å². The fraction of sp³-hybridized carbons (Fsp3) is 0.235. The van der Waals surface area contributed by atoms with Gasteiger partial charge in [0.25, 0.3) is 0 Å². The Hall–Kier alpha value is -2.56. The summed E-state index contributed by atoms with van der Waals surface area (Å²) >= 11 is 0. The quantitative estimate of drug-likeness (QED) is 0.641. The van der Waals surface area contributed by atoms with Crippen molar-refractivity contribution >= 4 is 11.9 Å². The zero-order valence-corrected chi connectivity index (χ0v) is 13.0. The highest BCUT2D eigenvalue weighted by atomic mass is 19.1. The first kappa shape index (κ1) is 15.8. The van der Waals surface area contributed by atoms with Gasteiger partial charge in [-0.15, -0.1) is 0 Å². The fourth-order valence-electron chi connectivity index (χ4n) is 2.01. The number of carbonyl (C=O) groups is 1. The molecule has 0 N–H and O–H groups in total. The summed E-state index contributed by atoms with van der Waals surface area (Å²) in [6.07, 6.45) is 2.94. The molecule has 0 aliphatic carbocycles. The van der Waals surface area contributed by atoms with Crippen molar-refractivity contribution < 1.29 is 13.9 Å². The standard InChI is InChI=1S/C17H17FN2O2/c1-10-11(2)20-15(12(3)19-10)6-7-16(21)14-9-13(18)5-8-17(14)22-4/h5-9H,1-4H3/b7-6+. The number of benzene rings is 1. The first-order valence-corrected chi connectivity index (χ1v) is 6.80. The van der Waals surface area contributed by atoms with Crippen molar-refractivity contribution in [3.05, 3.63) is 58.4 Å². The first-order chi connectivity index (χ1) is 10.4. The second-order valence-corrected chi connectivity index (χ2v) is 4.91. The van der Waals surface area contributed by atoms with Gasteiger partial charge in [-0.3, -0.25) is 9.78 Å². The van der Waals surface area contributed by atoms with E-state index in [0.717, 1.165) is 23.1 Å². The SMILES string of the molecule is COc1ccc(F)cc1C(=O)/C=C/c1nc(C)c(C)nc1C. The summed E-state index contributed by atoms with van der Waals surface area (Å²) in [4.78, 5) is 21.0. The summed E-state index contributed by atoms with van der Waals surface area (Å²) in [6.45, 7) is 5.56. The number of carbonyl (C=O) groups excluding carboxylic acids is 1. The number of hydrogen-bond donors (Lipinski definition) is 0. The third-order valence-corrected chi connectivity index (χ3v) is 3.34. The molecule has 1 heterocycles. The molecule has 0 saturated heterocycles. The molecule has 5 heteroatoms. The molecule has 0 amide bonds. The number of ether oxygens (including phenoxy) is 1. The van der Waals surface area contributed by atoms with E-state index in [0.29, 0.717) is 11.4 Å². The number of halogens is 1. The monoisotopic (exact) mass is 300 g/mol. The number of aryl methyl sites for hydroxylation is 3. The fourth-order valence-corrected chi connectivity index (χ4v) is 2.01. The van der Waals surface area contributed by atoms with Gasteiger partial charge in [-0.05, 0) is 51.1 Å². The lowest BCUT2D eigenvalue weighted by Gasteiger charge is -2.06. The van der Waals surface area contributed by atoms with E-state index in [2.05, 4.69) is 9.97 Å². The number of methoxy groups -OCH3 is 1. The maximum Gasteiger partial charge on any atom is 0.189 e. The largest absolute Gasteiger partial charge is 0.496 e. The third-order valence-electron chi connectivity index (χ3n) is 3.34. The third kappa shape index (κ3) is 3.36. The summed E-state index contributed by atoms with van der Waals surface area (Å²) in [5, 5.41) is 0. The van der Waals surface area contributed by atoms with Crippen molar-refractivity contribution in [1.29, 1.82) is 0 Å². The molecule has 0 saturated carbocycles. The molecule has 114 valence electrons. The van der Waals surface area contributed by atoms with Crippen LogP contribution in [0.25, 0.3) is 6.08 Å². The number of nitrogens with zero attached hydrogens (tertiary/aromatic N) is 2. The zero-order valence-electron chi connectivity index (χ0n) is 13.0. The van der Waals surface area contributed by atoms with Gasteiger partial charge in [-0.1, -0.05) is 0 Å². The van der Waals surface area contributed by atoms with E-state index in [1.807, 2.05) is 20.8 Å². The molecular formula is C17H17FN2O2. The number of rotatable bonds is 4. The predicted octanol–water partition coefficient (Wildman–Crippen LogP) is 3.45. The maximum atomic E-state index is 13.3. The van der Waals surface area contributed by atoms with Gasteiger partial charge >= 0.3 is 0 Å². The highest BCUT2D eigenvalue weighted by Gasteiger charge is 2.11. The minimum absolute atomic E-state index is 0.174. The number of hydrogen-bond acceptors (Lipinski definition) is 4. The van der Waals surface area contributed by atoms with Crippen LogP contribution in [0.3, 0.4) is 0 Å². The maximum absolute atomic E-state index is 13.3. The van der Waals surface area contributed by atoms with Crippen LogP contribution in [0.4, 0.5) is 4.39 Å². The van der Waals surface area contributed by atoms with Gasteiger partial charge in [0, 0.05) is 0 Å². The van der Waals surface area contributed by atoms with Crippen molar-refractivity contribution in [3.63, 3.8) is 0 Å². The normalized spacial score (nSPS) is 11.0. The first-order valence-electron chi connectivity index (χ1n) is 6.80. The molecule has 0 unspecified atom stereocenters. The van der Waals surface area contributed by atoms with Crippen LogP contribution in [0, 0.1) is 26.6 Å². The van der Waals surface area contributed by atoms with Crippen LogP contribution in [0.2, 0.25) is 0 Å². The Balaban J connectivity index is 2.33. The second kappa shape index (κ2) is 6.47. The van der Waals surface area contributed by atoms with Gasteiger partial charge in [-0.2, -0.15) is 0 Å². The average Bonchev–Trinajstić information content (AvgIpc) is 2.49. The van der Waals surface area contributed by atoms with Crippen LogP contribution in [-0.2, 0) is 0 Å². The van der Waals surface area contributed by atoms with Gasteiger partial charge < -0.3 is 4.74 Å². The van der Waals surface area contributed by atoms with Crippen LogP contribution in [0.15, 0.2) is 24.3 Å². The highest BCUT2D eigenvalue weighted by Crippen LogP contribution is 2.20. The molecule has 0 spiro atoms. The molecule has 1 aromatic carbocycles. The second-order valence-electron chi connectivity index (χ2n) is 4.91. The Bertz CT molecular complexity index is 755. The van der Waals surface area contributed by atoms with Crippen LogP contribution >= 0.6 is 0 Å². The summed E-state index contributed by atoms with van der Waals surface area (Å²) in [7, 11) is 1.44. The molecule has 0 aliphatic heterocycles. The molecule has 4 nitrogen and oxygen atoms in total. The number of ketones is 1. The van der Waals surface area contributed by atoms with Crippen molar-refractivity contribution in [1.82, 2.24) is 9.97 Å². The Morgan fingerprint density at radius 1 is 1.14 bits per heavy atom. The van der Waals surface area contributed by atoms with Gasteiger partial charge in [0.15, 0.2) is 5.78 Å². The lowest BCUT2D eigenvalue weighted by molar-refractivity contribution is 0.104. The lowest BCUT2D eigenvalue weighted by atomic mass is 10.1. The van der Waals surface area contributed by atoms with Crippen LogP contribution in [0.5, 0.6) is 5.75 Å². The molecule has 22 heavy (non-hydrogen) atoms. The van der Waals surface area contributed by atoms with Crippen LogP contribution in [0.1, 0.15) is 33.1 Å². The van der Waals surface area contributed by atoms with E-state index >= 15 is 0 Å². The molecule has 0 atom stereocenters. The summed E-state index contributed by atoms with van der Waals surface area (Å²) in [5.74, 6) is -0.505. The van der Waals surface area contributed by atoms with Gasteiger partial charge in [0.1, 0.15) is 11.6 Å². The summed E-state index contributed by atoms with van der Waals surface area (Å²) in [6, 6.07) is 3.83. The number of aromatic nitrogens is 2. The molecule has 0 fully saturated rings. The molecule has 0 radical (unpaired) electrons. The van der Waals surface area contributed by atoms with Gasteiger partial charge in [-0.25, -0.2) is 9.37 Å². The average molecular weight is 300 g/mol. The van der Waals surface area contributed by atoms with Crippen LogP contribution < -0.4 is 4.74 Å². The van der Waals surface area contributed by atoms with E-state index in [-0.39, 0.29) is 11.3 Å². The lowest BCUT2D eigenvalue weighted by Crippen LogP contribution is -2.01. The minimum atomic E-state index is -0.486. The van der Waals surface area contributed by atoms with Crippen molar-refractivity contribution in [3.8, 4) is 5.75 Å². The Morgan fingerprint density at radius 2 is 1.82 bits per heavy atom. The Kier molecular flexibility index (Phi) is 4.65. The van der Waals surface area contributed by atoms with Crippen molar-refractivity contribution in [2.24, 2.45) is 0 Å². The van der Waals surface area contributed by atoms with Crippen LogP contribution in [-0.4, -0.2) is 22.9 Å².